The van der Waals surface area contributed by atoms with Gasteiger partial charge in [-0.15, -0.1) is 0 Å². The van der Waals surface area contributed by atoms with Gasteiger partial charge < -0.3 is 0 Å². The van der Waals surface area contributed by atoms with Gasteiger partial charge in [0.25, 0.3) is 0 Å². The molecule has 0 aromatic heterocycles. The molecule has 1 aliphatic heterocycles. The topological polar surface area (TPSA) is 32.6 Å². The molecule has 1 rings (SSSR count). The predicted molar refractivity (Wildman–Crippen MR) is 71.2 cm³/mol. The van der Waals surface area contributed by atoms with Crippen molar-refractivity contribution in [2.24, 2.45) is 4.99 Å². The molecular weight excluding hydrogens is 265 g/mol. The summed E-state index contributed by atoms with van der Waals surface area (Å²) in [6, 6.07) is 0. The monoisotopic (exact) mass is 291 g/mol. The summed E-state index contributed by atoms with van der Waals surface area (Å²) in [5, 5.41) is 10.1. The molecule has 1 N–H and O–H groups in total. The van der Waals surface area contributed by atoms with Gasteiger partial charge in [0.1, 0.15) is 0 Å². The zero-order valence-corrected chi connectivity index (χ0v) is 12.5. The molecule has 1 aliphatic rings. The van der Waals surface area contributed by atoms with Gasteiger partial charge in [0.2, 0.25) is 0 Å². The molecule has 0 spiro atoms. The van der Waals surface area contributed by atoms with Gasteiger partial charge in [-0.2, -0.15) is 0 Å². The van der Waals surface area contributed by atoms with Crippen molar-refractivity contribution in [3.63, 3.8) is 0 Å². The van der Waals surface area contributed by atoms with Crippen molar-refractivity contribution in [3.05, 3.63) is 0 Å². The first-order chi connectivity index (χ1) is 7.57. The summed E-state index contributed by atoms with van der Waals surface area (Å²) in [6.45, 7) is 6.32. The van der Waals surface area contributed by atoms with Gasteiger partial charge in [-0.05, 0) is 0 Å². The van der Waals surface area contributed by atoms with Crippen LogP contribution in [0.5, 0.6) is 0 Å². The molecule has 0 radical (unpaired) electrons. The van der Waals surface area contributed by atoms with E-state index >= 15 is 0 Å². The first-order valence-electron chi connectivity index (χ1n) is 6.55. The summed E-state index contributed by atoms with van der Waals surface area (Å²) in [6.07, 6.45) is 8.26. The fourth-order valence-electron chi connectivity index (χ4n) is 2.13. The van der Waals surface area contributed by atoms with Crippen LogP contribution in [0.15, 0.2) is 4.99 Å². The van der Waals surface area contributed by atoms with Crippen molar-refractivity contribution in [2.45, 2.75) is 76.3 Å². The molecule has 0 saturated heterocycles. The molecule has 0 unspecified atom stereocenters. The summed E-state index contributed by atoms with van der Waals surface area (Å²) in [4.78, 5) is 5.23. The number of rotatable bonds is 6. The maximum atomic E-state index is 10.1. The van der Waals surface area contributed by atoms with Crippen LogP contribution < -0.4 is 0 Å². The minimum atomic E-state index is -0.776. The second-order valence-corrected chi connectivity index (χ2v) is 7.79. The summed E-state index contributed by atoms with van der Waals surface area (Å²) in [5.74, 6) is 0. The van der Waals surface area contributed by atoms with E-state index in [1.807, 2.05) is 6.92 Å². The average molecular weight is 290 g/mol. The van der Waals surface area contributed by atoms with Crippen molar-refractivity contribution in [2.75, 3.05) is 0 Å². The quantitative estimate of drug-likeness (QED) is 0.590. The molecule has 0 aromatic carbocycles. The van der Waals surface area contributed by atoms with Gasteiger partial charge in [0, 0.05) is 0 Å². The normalized spacial score (nSPS) is 30.2. The van der Waals surface area contributed by atoms with E-state index in [1.54, 1.807) is 0 Å². The SMILES string of the molecule is CCCCCC1=N[C@](C)(O)C[C@H](CCC)[Se]1. The minimum absolute atomic E-state index is 0.534. The van der Waals surface area contributed by atoms with Gasteiger partial charge in [-0.1, -0.05) is 0 Å². The van der Waals surface area contributed by atoms with Gasteiger partial charge >= 0.3 is 106 Å². The Hall–Kier alpha value is 0.149. The van der Waals surface area contributed by atoms with Gasteiger partial charge in [-0.25, -0.2) is 0 Å². The molecule has 1 heterocycles. The van der Waals surface area contributed by atoms with Crippen LogP contribution in [0, 0.1) is 0 Å². The molecule has 16 heavy (non-hydrogen) atoms. The van der Waals surface area contributed by atoms with Crippen molar-refractivity contribution in [3.8, 4) is 0 Å². The molecule has 0 aliphatic carbocycles. The Bertz CT molecular complexity index is 238. The molecule has 0 aromatic rings. The van der Waals surface area contributed by atoms with E-state index in [2.05, 4.69) is 18.8 Å². The molecule has 0 fully saturated rings. The van der Waals surface area contributed by atoms with Crippen LogP contribution in [-0.4, -0.2) is 30.4 Å². The number of aliphatic imine (C=N–C) groups is 1. The first kappa shape index (κ1) is 14.2. The maximum absolute atomic E-state index is 10.1. The van der Waals surface area contributed by atoms with Crippen LogP contribution in [0.4, 0.5) is 0 Å². The summed E-state index contributed by atoms with van der Waals surface area (Å²) >= 11 is 0.534. The average Bonchev–Trinajstić information content (AvgIpc) is 2.16. The molecule has 0 amide bonds. The van der Waals surface area contributed by atoms with Crippen LogP contribution >= 0.6 is 0 Å². The third kappa shape index (κ3) is 4.99. The zero-order valence-electron chi connectivity index (χ0n) is 10.8. The summed E-state index contributed by atoms with van der Waals surface area (Å²) in [7, 11) is 0. The first-order valence-corrected chi connectivity index (χ1v) is 8.39. The van der Waals surface area contributed by atoms with Crippen molar-refractivity contribution < 1.29 is 5.11 Å². The van der Waals surface area contributed by atoms with Crippen molar-refractivity contribution in [1.82, 2.24) is 0 Å². The summed E-state index contributed by atoms with van der Waals surface area (Å²) < 4.78 is 1.32. The van der Waals surface area contributed by atoms with E-state index < -0.39 is 5.72 Å². The fourth-order valence-corrected chi connectivity index (χ4v) is 5.59. The Morgan fingerprint density at radius 2 is 2.12 bits per heavy atom. The number of aliphatic hydroxyl groups is 1. The van der Waals surface area contributed by atoms with E-state index in [9.17, 15) is 5.11 Å². The Morgan fingerprint density at radius 1 is 1.38 bits per heavy atom. The molecule has 2 nitrogen and oxygen atoms in total. The Morgan fingerprint density at radius 3 is 2.75 bits per heavy atom. The number of hydrogen-bond donors (Lipinski definition) is 1. The second-order valence-electron chi connectivity index (χ2n) is 4.91. The van der Waals surface area contributed by atoms with Gasteiger partial charge in [0.15, 0.2) is 0 Å². The number of nitrogens with zero attached hydrogens (tertiary/aromatic N) is 1. The van der Waals surface area contributed by atoms with Crippen molar-refractivity contribution >= 4 is 19.6 Å². The number of hydrogen-bond acceptors (Lipinski definition) is 2. The van der Waals surface area contributed by atoms with Crippen LogP contribution in [0.25, 0.3) is 0 Å². The van der Waals surface area contributed by atoms with E-state index in [0.29, 0.717) is 19.8 Å². The standard InChI is InChI=1S/C13H25NOSe/c1-4-6-7-9-12-14-13(3,15)10-11(16-12)8-5-2/h11,15H,4-10H2,1-3H3/t11-,13+/m0/s1. The van der Waals surface area contributed by atoms with Crippen LogP contribution in [0.3, 0.4) is 0 Å². The summed E-state index contributed by atoms with van der Waals surface area (Å²) in [5.41, 5.74) is -0.776. The van der Waals surface area contributed by atoms with Crippen LogP contribution in [0.1, 0.15) is 65.7 Å². The molecule has 0 bridgehead atoms. The van der Waals surface area contributed by atoms with E-state index in [1.165, 1.54) is 36.7 Å². The molecule has 3 heteroatoms. The zero-order chi connectivity index (χ0) is 12.0. The molecule has 2 atom stereocenters. The fraction of sp³-hybridized carbons (Fsp3) is 0.923. The second kappa shape index (κ2) is 6.78. The van der Waals surface area contributed by atoms with Crippen LogP contribution in [-0.2, 0) is 0 Å². The molecular formula is C13H25NOSe. The number of unbranched alkanes of at least 4 members (excludes halogenated alkanes) is 2. The van der Waals surface area contributed by atoms with Gasteiger partial charge in [-0.3, -0.25) is 0 Å². The molecule has 0 saturated carbocycles. The Kier molecular flexibility index (Phi) is 6.02. The third-order valence-electron chi connectivity index (χ3n) is 2.89. The third-order valence-corrected chi connectivity index (χ3v) is 5.62. The predicted octanol–water partition coefficient (Wildman–Crippen LogP) is 3.37. The van der Waals surface area contributed by atoms with Crippen LogP contribution in [0.2, 0.25) is 4.82 Å². The van der Waals surface area contributed by atoms with Gasteiger partial charge in [0.05, 0.1) is 0 Å². The van der Waals surface area contributed by atoms with E-state index in [0.717, 1.165) is 12.8 Å². The molecule has 94 valence electrons. The Balaban J connectivity index is 2.50. The van der Waals surface area contributed by atoms with E-state index in [4.69, 9.17) is 0 Å². The Labute approximate surface area is 106 Å². The van der Waals surface area contributed by atoms with Crippen molar-refractivity contribution in [1.29, 1.82) is 0 Å². The van der Waals surface area contributed by atoms with E-state index in [-0.39, 0.29) is 0 Å².